The van der Waals surface area contributed by atoms with Crippen molar-refractivity contribution in [3.8, 4) is 23.1 Å². The number of hydrogen-bond donors (Lipinski definition) is 2. The van der Waals surface area contributed by atoms with Crippen molar-refractivity contribution in [2.45, 2.75) is 4.90 Å². The van der Waals surface area contributed by atoms with E-state index in [0.29, 0.717) is 16.8 Å². The van der Waals surface area contributed by atoms with E-state index in [-0.39, 0.29) is 38.8 Å². The Balaban J connectivity index is 1.78. The van der Waals surface area contributed by atoms with Crippen LogP contribution < -0.4 is 24.7 Å². The SMILES string of the molecule is COc1ccc(Oc2nc3ccccc3nc2C(=O)Nc2ccc(OC)c(S(N)(=O)=O)c2Cl)c(Cl)c1. The molecule has 0 aliphatic heterocycles. The van der Waals surface area contributed by atoms with Crippen molar-refractivity contribution in [2.75, 3.05) is 19.5 Å². The summed E-state index contributed by atoms with van der Waals surface area (Å²) >= 11 is 12.6. The summed E-state index contributed by atoms with van der Waals surface area (Å²) in [5.41, 5.74) is 0.633. The fourth-order valence-electron chi connectivity index (χ4n) is 3.24. The molecule has 186 valence electrons. The molecule has 0 saturated carbocycles. The van der Waals surface area contributed by atoms with Gasteiger partial charge in [0.05, 0.1) is 41.0 Å². The van der Waals surface area contributed by atoms with E-state index in [1.807, 2.05) is 0 Å². The summed E-state index contributed by atoms with van der Waals surface area (Å²) in [6, 6.07) is 14.3. The number of primary sulfonamides is 1. The number of para-hydroxylation sites is 2. The molecule has 13 heteroatoms. The number of anilines is 1. The number of ether oxygens (including phenoxy) is 3. The second kappa shape index (κ2) is 10.2. The molecule has 0 aliphatic rings. The van der Waals surface area contributed by atoms with E-state index >= 15 is 0 Å². The van der Waals surface area contributed by atoms with E-state index in [2.05, 4.69) is 15.3 Å². The first-order chi connectivity index (χ1) is 17.1. The first-order valence-corrected chi connectivity index (χ1v) is 12.4. The Labute approximate surface area is 216 Å². The molecule has 1 heterocycles. The van der Waals surface area contributed by atoms with Crippen LogP contribution in [-0.2, 0) is 10.0 Å². The Morgan fingerprint density at radius 1 is 0.944 bits per heavy atom. The maximum absolute atomic E-state index is 13.3. The van der Waals surface area contributed by atoms with Gasteiger partial charge in [0, 0.05) is 6.07 Å². The maximum Gasteiger partial charge on any atom is 0.279 e. The molecule has 0 unspecified atom stereocenters. The van der Waals surface area contributed by atoms with Gasteiger partial charge in [-0.05, 0) is 36.4 Å². The molecule has 36 heavy (non-hydrogen) atoms. The van der Waals surface area contributed by atoms with Crippen LogP contribution in [0.25, 0.3) is 11.0 Å². The average molecular weight is 549 g/mol. The zero-order valence-electron chi connectivity index (χ0n) is 18.8. The van der Waals surface area contributed by atoms with Gasteiger partial charge in [0.25, 0.3) is 11.8 Å². The largest absolute Gasteiger partial charge is 0.497 e. The number of carbonyl (C=O) groups is 1. The van der Waals surface area contributed by atoms with Crippen molar-refractivity contribution in [1.29, 1.82) is 0 Å². The highest BCUT2D eigenvalue weighted by Crippen LogP contribution is 2.37. The first-order valence-electron chi connectivity index (χ1n) is 10.1. The van der Waals surface area contributed by atoms with Crippen molar-refractivity contribution in [3.63, 3.8) is 0 Å². The smallest absolute Gasteiger partial charge is 0.279 e. The third kappa shape index (κ3) is 5.14. The molecule has 3 N–H and O–H groups in total. The number of fused-ring (bicyclic) bond motifs is 1. The van der Waals surface area contributed by atoms with Gasteiger partial charge in [0.2, 0.25) is 10.0 Å². The molecule has 0 spiro atoms. The van der Waals surface area contributed by atoms with Crippen LogP contribution in [0.5, 0.6) is 23.1 Å². The van der Waals surface area contributed by atoms with Crippen molar-refractivity contribution in [3.05, 3.63) is 70.3 Å². The zero-order chi connectivity index (χ0) is 26.0. The zero-order valence-corrected chi connectivity index (χ0v) is 21.1. The highest BCUT2D eigenvalue weighted by atomic mass is 35.5. The molecule has 0 aliphatic carbocycles. The summed E-state index contributed by atoms with van der Waals surface area (Å²) in [5, 5.41) is 7.70. The van der Waals surface area contributed by atoms with Crippen molar-refractivity contribution in [1.82, 2.24) is 9.97 Å². The molecule has 0 radical (unpaired) electrons. The van der Waals surface area contributed by atoms with Gasteiger partial charge in [0.1, 0.15) is 22.1 Å². The summed E-state index contributed by atoms with van der Waals surface area (Å²) < 4.78 is 40.2. The number of amides is 1. The topological polar surface area (TPSA) is 143 Å². The standard InChI is InChI=1S/C23H18Cl2N4O6S/c1-33-12-7-9-17(13(24)11-12)35-23-20(27-14-5-3-4-6-15(14)29-23)22(30)28-16-8-10-18(34-2)21(19(16)25)36(26,31)32/h3-11H,1-2H3,(H,28,30)(H2,26,31,32). The van der Waals surface area contributed by atoms with Crippen LogP contribution in [0, 0.1) is 0 Å². The van der Waals surface area contributed by atoms with Crippen LogP contribution in [0.15, 0.2) is 59.5 Å². The number of halogens is 2. The highest BCUT2D eigenvalue weighted by Gasteiger charge is 2.25. The summed E-state index contributed by atoms with van der Waals surface area (Å²) in [6.07, 6.45) is 0. The number of sulfonamides is 1. The number of nitrogens with two attached hydrogens (primary N) is 1. The predicted octanol–water partition coefficient (Wildman–Crippen LogP) is 4.65. The average Bonchev–Trinajstić information content (AvgIpc) is 2.84. The molecule has 0 bridgehead atoms. The van der Waals surface area contributed by atoms with E-state index < -0.39 is 20.8 Å². The number of nitrogens with one attached hydrogen (secondary N) is 1. The minimum absolute atomic E-state index is 0.0464. The Morgan fingerprint density at radius 3 is 2.22 bits per heavy atom. The molecular formula is C23H18Cl2N4O6S. The Hall–Kier alpha value is -3.64. The molecule has 4 rings (SSSR count). The molecule has 3 aromatic carbocycles. The van der Waals surface area contributed by atoms with Gasteiger partial charge < -0.3 is 19.5 Å². The second-order valence-electron chi connectivity index (χ2n) is 7.22. The summed E-state index contributed by atoms with van der Waals surface area (Å²) in [6.45, 7) is 0. The van der Waals surface area contributed by atoms with Crippen molar-refractivity contribution in [2.24, 2.45) is 5.14 Å². The van der Waals surface area contributed by atoms with Crippen LogP contribution >= 0.6 is 23.2 Å². The quantitative estimate of drug-likeness (QED) is 0.339. The number of nitrogens with zero attached hydrogens (tertiary/aromatic N) is 2. The Morgan fingerprint density at radius 2 is 1.61 bits per heavy atom. The second-order valence-corrected chi connectivity index (χ2v) is 9.51. The van der Waals surface area contributed by atoms with Crippen LogP contribution in [0.1, 0.15) is 10.5 Å². The molecular weight excluding hydrogens is 531 g/mol. The minimum atomic E-state index is -4.27. The molecule has 0 atom stereocenters. The minimum Gasteiger partial charge on any atom is -0.497 e. The monoisotopic (exact) mass is 548 g/mol. The Bertz CT molecular complexity index is 1600. The predicted molar refractivity (Wildman–Crippen MR) is 135 cm³/mol. The summed E-state index contributed by atoms with van der Waals surface area (Å²) in [4.78, 5) is 21.6. The number of aromatic nitrogens is 2. The number of benzene rings is 3. The van der Waals surface area contributed by atoms with Crippen LogP contribution in [0.3, 0.4) is 0 Å². The lowest BCUT2D eigenvalue weighted by Gasteiger charge is -2.15. The normalized spacial score (nSPS) is 11.2. The number of carbonyl (C=O) groups excluding carboxylic acids is 1. The van der Waals surface area contributed by atoms with Gasteiger partial charge in [-0.1, -0.05) is 35.3 Å². The lowest BCUT2D eigenvalue weighted by molar-refractivity contribution is 0.101. The lowest BCUT2D eigenvalue weighted by atomic mass is 10.2. The van der Waals surface area contributed by atoms with Crippen LogP contribution in [0.2, 0.25) is 10.0 Å². The van der Waals surface area contributed by atoms with Gasteiger partial charge in [0.15, 0.2) is 5.69 Å². The molecule has 10 nitrogen and oxygen atoms in total. The number of methoxy groups -OCH3 is 2. The van der Waals surface area contributed by atoms with Gasteiger partial charge >= 0.3 is 0 Å². The third-order valence-corrected chi connectivity index (χ3v) is 6.69. The number of rotatable bonds is 7. The van der Waals surface area contributed by atoms with E-state index in [1.165, 1.54) is 32.4 Å². The van der Waals surface area contributed by atoms with E-state index in [0.717, 1.165) is 0 Å². The fourth-order valence-corrected chi connectivity index (χ4v) is 4.77. The molecule has 0 fully saturated rings. The van der Waals surface area contributed by atoms with Crippen molar-refractivity contribution < 1.29 is 27.4 Å². The van der Waals surface area contributed by atoms with Gasteiger partial charge in [-0.2, -0.15) is 0 Å². The molecule has 0 saturated heterocycles. The summed E-state index contributed by atoms with van der Waals surface area (Å²) in [7, 11) is -1.52. The first kappa shape index (κ1) is 25.5. The van der Waals surface area contributed by atoms with Gasteiger partial charge in [-0.25, -0.2) is 23.5 Å². The van der Waals surface area contributed by atoms with Crippen LogP contribution in [-0.4, -0.2) is 38.5 Å². The van der Waals surface area contributed by atoms with Crippen LogP contribution in [0.4, 0.5) is 5.69 Å². The fraction of sp³-hybridized carbons (Fsp3) is 0.0870. The molecule has 4 aromatic rings. The number of hydrogen-bond acceptors (Lipinski definition) is 8. The summed E-state index contributed by atoms with van der Waals surface area (Å²) in [5.74, 6) is -0.288. The van der Waals surface area contributed by atoms with Gasteiger partial charge in [-0.3, -0.25) is 4.79 Å². The Kier molecular flexibility index (Phi) is 7.18. The van der Waals surface area contributed by atoms with Crippen molar-refractivity contribution >= 4 is 55.9 Å². The lowest BCUT2D eigenvalue weighted by Crippen LogP contribution is -2.18. The van der Waals surface area contributed by atoms with E-state index in [1.54, 1.807) is 36.4 Å². The van der Waals surface area contributed by atoms with E-state index in [9.17, 15) is 13.2 Å². The van der Waals surface area contributed by atoms with Gasteiger partial charge in [-0.15, -0.1) is 0 Å². The third-order valence-electron chi connectivity index (χ3n) is 4.91. The molecule has 1 amide bonds. The van der Waals surface area contributed by atoms with E-state index in [4.69, 9.17) is 42.6 Å². The molecule has 1 aromatic heterocycles. The highest BCUT2D eigenvalue weighted by molar-refractivity contribution is 7.89. The maximum atomic E-state index is 13.3.